The third-order valence-electron chi connectivity index (χ3n) is 4.98. The largest absolute Gasteiger partial charge is 0.383 e. The average molecular weight is 386 g/mol. The molecule has 0 radical (unpaired) electrons. The van der Waals surface area contributed by atoms with Gasteiger partial charge in [0.25, 0.3) is 0 Å². The second kappa shape index (κ2) is 8.71. The van der Waals surface area contributed by atoms with Gasteiger partial charge in [-0.25, -0.2) is 4.39 Å². The summed E-state index contributed by atoms with van der Waals surface area (Å²) in [4.78, 5) is 6.63. The molecule has 0 bridgehead atoms. The lowest BCUT2D eigenvalue weighted by Gasteiger charge is -2.25. The number of rotatable bonds is 3. The Morgan fingerprint density at radius 3 is 2.96 bits per heavy atom. The Morgan fingerprint density at radius 2 is 2.19 bits per heavy atom. The lowest BCUT2D eigenvalue weighted by Crippen LogP contribution is -2.27. The third-order valence-corrected chi connectivity index (χ3v) is 5.21. The SMILES string of the molecule is C=C1CN=C(N)C(C)=C=C1/C1=C\CCN(Cc2ccc(Cl)cc2F)CCC1. The second-order valence-electron chi connectivity index (χ2n) is 7.06. The summed E-state index contributed by atoms with van der Waals surface area (Å²) >= 11 is 5.85. The highest BCUT2D eigenvalue weighted by molar-refractivity contribution is 6.30. The van der Waals surface area contributed by atoms with Crippen molar-refractivity contribution in [2.24, 2.45) is 10.7 Å². The van der Waals surface area contributed by atoms with Crippen molar-refractivity contribution in [1.29, 1.82) is 0 Å². The van der Waals surface area contributed by atoms with Gasteiger partial charge in [0.15, 0.2) is 0 Å². The summed E-state index contributed by atoms with van der Waals surface area (Å²) in [5.41, 5.74) is 14.2. The van der Waals surface area contributed by atoms with E-state index in [1.54, 1.807) is 12.1 Å². The number of amidine groups is 1. The van der Waals surface area contributed by atoms with Crippen molar-refractivity contribution < 1.29 is 4.39 Å². The molecular weight excluding hydrogens is 361 g/mol. The first-order valence-electron chi connectivity index (χ1n) is 9.25. The van der Waals surface area contributed by atoms with Crippen LogP contribution >= 0.6 is 11.6 Å². The fraction of sp³-hybridized carbons (Fsp3) is 0.364. The van der Waals surface area contributed by atoms with Crippen LogP contribution in [0.15, 0.2) is 63.9 Å². The predicted octanol–water partition coefficient (Wildman–Crippen LogP) is 4.79. The molecular formula is C22H25ClFN3. The van der Waals surface area contributed by atoms with Crippen LogP contribution in [0.1, 0.15) is 31.7 Å². The Morgan fingerprint density at radius 1 is 1.37 bits per heavy atom. The highest BCUT2D eigenvalue weighted by atomic mass is 35.5. The number of benzene rings is 1. The first-order valence-corrected chi connectivity index (χ1v) is 9.63. The Kier molecular flexibility index (Phi) is 6.33. The van der Waals surface area contributed by atoms with Gasteiger partial charge in [-0.2, -0.15) is 0 Å². The summed E-state index contributed by atoms with van der Waals surface area (Å²) in [6.45, 7) is 9.02. The fourth-order valence-electron chi connectivity index (χ4n) is 3.43. The van der Waals surface area contributed by atoms with Crippen molar-refractivity contribution in [3.63, 3.8) is 0 Å². The quantitative estimate of drug-likeness (QED) is 0.760. The first-order chi connectivity index (χ1) is 12.9. The maximum atomic E-state index is 14.1. The van der Waals surface area contributed by atoms with Crippen LogP contribution in [0.2, 0.25) is 5.02 Å². The molecule has 27 heavy (non-hydrogen) atoms. The lowest BCUT2D eigenvalue weighted by atomic mass is 9.93. The smallest absolute Gasteiger partial charge is 0.129 e. The minimum absolute atomic E-state index is 0.237. The molecule has 2 aliphatic heterocycles. The molecule has 3 rings (SSSR count). The fourth-order valence-corrected chi connectivity index (χ4v) is 3.59. The van der Waals surface area contributed by atoms with Crippen molar-refractivity contribution >= 4 is 17.4 Å². The van der Waals surface area contributed by atoms with Crippen LogP contribution in [0.4, 0.5) is 4.39 Å². The number of nitrogens with two attached hydrogens (primary N) is 1. The highest BCUT2D eigenvalue weighted by Crippen LogP contribution is 2.27. The van der Waals surface area contributed by atoms with Crippen LogP contribution in [0.5, 0.6) is 0 Å². The molecule has 142 valence electrons. The van der Waals surface area contributed by atoms with E-state index < -0.39 is 0 Å². The van der Waals surface area contributed by atoms with E-state index in [4.69, 9.17) is 17.3 Å². The van der Waals surface area contributed by atoms with E-state index in [1.807, 2.05) is 6.92 Å². The molecule has 0 atom stereocenters. The minimum atomic E-state index is -0.237. The van der Waals surface area contributed by atoms with Crippen LogP contribution in [0.25, 0.3) is 0 Å². The average Bonchev–Trinajstić information content (AvgIpc) is 2.73. The number of aliphatic imine (C=N–C) groups is 1. The summed E-state index contributed by atoms with van der Waals surface area (Å²) in [5.74, 6) is 0.299. The van der Waals surface area contributed by atoms with E-state index in [-0.39, 0.29) is 5.82 Å². The van der Waals surface area contributed by atoms with Gasteiger partial charge in [-0.05, 0) is 56.0 Å². The number of allylic oxidation sites excluding steroid dienone is 1. The topological polar surface area (TPSA) is 41.6 Å². The van der Waals surface area contributed by atoms with Crippen LogP contribution < -0.4 is 5.73 Å². The van der Waals surface area contributed by atoms with Gasteiger partial charge in [-0.3, -0.25) is 9.89 Å². The van der Waals surface area contributed by atoms with E-state index >= 15 is 0 Å². The minimum Gasteiger partial charge on any atom is -0.383 e. The molecule has 1 aromatic rings. The Hall–Kier alpha value is -2.13. The molecule has 2 heterocycles. The van der Waals surface area contributed by atoms with Gasteiger partial charge in [-0.15, -0.1) is 5.73 Å². The van der Waals surface area contributed by atoms with E-state index in [9.17, 15) is 4.39 Å². The van der Waals surface area contributed by atoms with Crippen LogP contribution in [0, 0.1) is 5.82 Å². The van der Waals surface area contributed by atoms with Crippen LogP contribution in [-0.4, -0.2) is 30.4 Å². The molecule has 0 fully saturated rings. The molecule has 2 N–H and O–H groups in total. The van der Waals surface area contributed by atoms with Crippen molar-refractivity contribution in [2.45, 2.75) is 32.7 Å². The number of nitrogens with zero attached hydrogens (tertiary/aromatic N) is 2. The molecule has 2 aliphatic rings. The van der Waals surface area contributed by atoms with Gasteiger partial charge in [0, 0.05) is 34.8 Å². The normalized spacial score (nSPS) is 21.2. The lowest BCUT2D eigenvalue weighted by molar-refractivity contribution is 0.260. The molecule has 0 spiro atoms. The molecule has 0 saturated heterocycles. The molecule has 1 aromatic carbocycles. The second-order valence-corrected chi connectivity index (χ2v) is 7.50. The molecule has 0 aromatic heterocycles. The summed E-state index contributed by atoms with van der Waals surface area (Å²) in [6.07, 6.45) is 5.09. The Labute approximate surface area is 165 Å². The van der Waals surface area contributed by atoms with Gasteiger partial charge >= 0.3 is 0 Å². The van der Waals surface area contributed by atoms with Crippen molar-refractivity contribution in [1.82, 2.24) is 4.90 Å². The standard InChI is InChI=1S/C22H25ClFN3/c1-15-11-20(16(2)13-26-22(15)25)17-5-3-9-27(10-4-6-17)14-18-7-8-19(23)12-21(18)24/h5,7-8,12H,2-4,6,9-10,13-14H2,1H3,(H2,25,26)/b17-5-. The number of hydrogen-bond acceptors (Lipinski definition) is 3. The van der Waals surface area contributed by atoms with Gasteiger partial charge < -0.3 is 5.73 Å². The Bertz CT molecular complexity index is 876. The van der Waals surface area contributed by atoms with Gasteiger partial charge in [0.05, 0.1) is 6.54 Å². The zero-order valence-electron chi connectivity index (χ0n) is 15.7. The van der Waals surface area contributed by atoms with Crippen LogP contribution in [0.3, 0.4) is 0 Å². The summed E-state index contributed by atoms with van der Waals surface area (Å²) in [6, 6.07) is 4.90. The summed E-state index contributed by atoms with van der Waals surface area (Å²) in [5, 5.41) is 0.432. The van der Waals surface area contributed by atoms with Gasteiger partial charge in [0.1, 0.15) is 11.7 Å². The Balaban J connectivity index is 1.72. The summed E-state index contributed by atoms with van der Waals surface area (Å²) < 4.78 is 14.1. The molecule has 0 aliphatic carbocycles. The highest BCUT2D eigenvalue weighted by Gasteiger charge is 2.16. The van der Waals surface area contributed by atoms with Gasteiger partial charge in [0.2, 0.25) is 0 Å². The molecule has 5 heteroatoms. The molecule has 0 saturated carbocycles. The summed E-state index contributed by atoms with van der Waals surface area (Å²) in [7, 11) is 0. The van der Waals surface area contributed by atoms with Crippen molar-refractivity contribution in [2.75, 3.05) is 19.6 Å². The van der Waals surface area contributed by atoms with E-state index in [2.05, 4.69) is 28.3 Å². The predicted molar refractivity (Wildman–Crippen MR) is 110 cm³/mol. The van der Waals surface area contributed by atoms with Crippen molar-refractivity contribution in [3.8, 4) is 0 Å². The first kappa shape index (κ1) is 19.6. The molecule has 3 nitrogen and oxygen atoms in total. The maximum Gasteiger partial charge on any atom is 0.129 e. The zero-order valence-corrected chi connectivity index (χ0v) is 16.4. The van der Waals surface area contributed by atoms with E-state index in [1.165, 1.54) is 11.6 Å². The number of halogens is 2. The van der Waals surface area contributed by atoms with Crippen molar-refractivity contribution in [3.05, 3.63) is 75.3 Å². The molecule has 0 unspecified atom stereocenters. The van der Waals surface area contributed by atoms with Gasteiger partial charge in [-0.1, -0.05) is 30.3 Å². The zero-order chi connectivity index (χ0) is 19.4. The number of hydrogen-bond donors (Lipinski definition) is 1. The van der Waals surface area contributed by atoms with E-state index in [0.29, 0.717) is 29.5 Å². The third kappa shape index (κ3) is 4.98. The monoisotopic (exact) mass is 385 g/mol. The molecule has 0 amide bonds. The van der Waals surface area contributed by atoms with E-state index in [0.717, 1.165) is 49.1 Å². The van der Waals surface area contributed by atoms with Crippen LogP contribution in [-0.2, 0) is 6.54 Å². The maximum absolute atomic E-state index is 14.1.